The fraction of sp³-hybridized carbons (Fsp3) is 0.176. The van der Waals surface area contributed by atoms with Crippen LogP contribution < -0.4 is 16.4 Å². The van der Waals surface area contributed by atoms with Crippen LogP contribution in [0.4, 0.5) is 4.79 Å². The summed E-state index contributed by atoms with van der Waals surface area (Å²) in [4.78, 5) is 24.3. The monoisotopic (exact) mass is 408 g/mol. The van der Waals surface area contributed by atoms with Crippen molar-refractivity contribution >= 4 is 39.6 Å². The molecule has 0 saturated carbocycles. The summed E-state index contributed by atoms with van der Waals surface area (Å²) in [6.45, 7) is 0.729. The van der Waals surface area contributed by atoms with Crippen molar-refractivity contribution in [2.24, 2.45) is 5.73 Å². The topological polar surface area (TPSA) is 88.8 Å². The molecule has 0 saturated heterocycles. The van der Waals surface area contributed by atoms with Crippen LogP contribution in [0.5, 0.6) is 0 Å². The summed E-state index contributed by atoms with van der Waals surface area (Å²) < 4.78 is 1.05. The Hall–Kier alpha value is -1.83. The minimum atomic E-state index is -0.835. The second-order valence-electron chi connectivity index (χ2n) is 5.07. The molecule has 0 aliphatic rings. The number of primary amides is 1. The number of urea groups is 1. The number of nitrogens with two attached hydrogens (primary N) is 2. The number of hydrogen-bond acceptors (Lipinski definition) is 3. The molecule has 0 unspecified atom stereocenters. The molecule has 0 fully saturated rings. The molecular weight excluding hydrogens is 390 g/mol. The van der Waals surface area contributed by atoms with Crippen molar-refractivity contribution < 1.29 is 14.9 Å². The molecule has 2 aromatic rings. The van der Waals surface area contributed by atoms with E-state index >= 15 is 0 Å². The number of rotatable bonds is 7. The number of hydrogen-bond donors (Lipinski definition) is 3. The Balaban J connectivity index is 1.92. The van der Waals surface area contributed by atoms with Crippen molar-refractivity contribution in [1.82, 2.24) is 5.32 Å². The fourth-order valence-electron chi connectivity index (χ4n) is 2.20. The summed E-state index contributed by atoms with van der Waals surface area (Å²) >= 11 is 5.13. The number of carbonyl (C=O) groups is 2. The smallest absolute Gasteiger partial charge is 0.319 e. The lowest BCUT2D eigenvalue weighted by Crippen LogP contribution is -2.88. The summed E-state index contributed by atoms with van der Waals surface area (Å²) in [5, 5.41) is 4.08. The lowest BCUT2D eigenvalue weighted by Gasteiger charge is -2.14. The zero-order chi connectivity index (χ0) is 17.4. The number of halogens is 1. The highest BCUT2D eigenvalue weighted by molar-refractivity contribution is 9.10. The van der Waals surface area contributed by atoms with Gasteiger partial charge in [0.2, 0.25) is 0 Å². The molecule has 0 aliphatic heterocycles. The van der Waals surface area contributed by atoms with Gasteiger partial charge in [-0.05, 0) is 24.3 Å². The van der Waals surface area contributed by atoms with Gasteiger partial charge < -0.3 is 11.1 Å². The molecule has 2 aromatic carbocycles. The summed E-state index contributed by atoms with van der Waals surface area (Å²) in [5.74, 6) is 0.441. The van der Waals surface area contributed by atoms with Gasteiger partial charge in [0.25, 0.3) is 5.91 Å². The van der Waals surface area contributed by atoms with Crippen LogP contribution in [0.15, 0.2) is 64.0 Å². The molecule has 0 bridgehead atoms. The zero-order valence-electron chi connectivity index (χ0n) is 12.9. The molecule has 1 atom stereocenters. The Morgan fingerprint density at radius 1 is 1.12 bits per heavy atom. The van der Waals surface area contributed by atoms with E-state index in [1.165, 1.54) is 4.90 Å². The van der Waals surface area contributed by atoms with Gasteiger partial charge in [-0.1, -0.05) is 46.3 Å². The van der Waals surface area contributed by atoms with E-state index in [0.717, 1.165) is 22.3 Å². The molecule has 5 nitrogen and oxygen atoms in total. The molecule has 5 N–H and O–H groups in total. The van der Waals surface area contributed by atoms with Crippen molar-refractivity contribution in [1.29, 1.82) is 0 Å². The largest absolute Gasteiger partial charge is 0.351 e. The van der Waals surface area contributed by atoms with Gasteiger partial charge in [-0.15, -0.1) is 11.8 Å². The molecule has 0 heterocycles. The quantitative estimate of drug-likeness (QED) is 0.483. The van der Waals surface area contributed by atoms with Crippen LogP contribution in [0.1, 0.15) is 11.6 Å². The minimum absolute atomic E-state index is 0.401. The Kier molecular flexibility index (Phi) is 7.30. The van der Waals surface area contributed by atoms with Crippen LogP contribution >= 0.6 is 27.7 Å². The van der Waals surface area contributed by atoms with E-state index in [2.05, 4.69) is 21.2 Å². The Morgan fingerprint density at radius 2 is 1.79 bits per heavy atom. The lowest BCUT2D eigenvalue weighted by atomic mass is 10.1. The van der Waals surface area contributed by atoms with Crippen molar-refractivity contribution in [2.75, 3.05) is 12.3 Å². The second-order valence-corrected chi connectivity index (χ2v) is 7.15. The molecule has 24 heavy (non-hydrogen) atoms. The van der Waals surface area contributed by atoms with E-state index in [-0.39, 0.29) is 0 Å². The third-order valence-electron chi connectivity index (χ3n) is 3.29. The normalized spacial score (nSPS) is 11.7. The predicted octanol–water partition coefficient (Wildman–Crippen LogP) is 2.04. The molecule has 7 heteroatoms. The number of thioether (sulfide) groups is 1. The number of nitrogens with one attached hydrogen (secondary N) is 1. The fourth-order valence-corrected chi connectivity index (χ4v) is 3.28. The van der Waals surface area contributed by atoms with Crippen LogP contribution in [0.2, 0.25) is 0 Å². The first-order valence-corrected chi connectivity index (χ1v) is 9.21. The molecule has 3 amide bonds. The standard InChI is InChI=1S/C17H18BrN3O2S/c18-13-6-8-14(9-7-13)24-11-10-20-15(16(22)21-17(19)23)12-4-2-1-3-5-12/h1-9,15,20H,10-11H2,(H3,19,21,22,23)/p+1/t15-/m1/s1. The third-order valence-corrected chi connectivity index (χ3v) is 4.86. The van der Waals surface area contributed by atoms with Gasteiger partial charge in [0, 0.05) is 20.7 Å². The maximum Gasteiger partial charge on any atom is 0.319 e. The molecule has 0 radical (unpaired) electrons. The number of imide groups is 1. The molecule has 2 rings (SSSR count). The van der Waals surface area contributed by atoms with E-state index in [9.17, 15) is 9.59 Å². The summed E-state index contributed by atoms with van der Waals surface area (Å²) in [6.07, 6.45) is 0. The first kappa shape index (κ1) is 18.5. The van der Waals surface area contributed by atoms with E-state index < -0.39 is 18.0 Å². The molecule has 0 aromatic heterocycles. The predicted molar refractivity (Wildman–Crippen MR) is 98.6 cm³/mol. The third kappa shape index (κ3) is 5.99. The van der Waals surface area contributed by atoms with Crippen molar-refractivity contribution in [2.45, 2.75) is 10.9 Å². The SMILES string of the molecule is NC(=O)NC(=O)[C@H]([NH2+]CCSc1ccc(Br)cc1)c1ccccc1. The lowest BCUT2D eigenvalue weighted by molar-refractivity contribution is -0.679. The minimum Gasteiger partial charge on any atom is -0.351 e. The van der Waals surface area contributed by atoms with E-state index in [1.807, 2.05) is 59.9 Å². The molecule has 126 valence electrons. The Labute approximate surface area is 153 Å². The number of benzene rings is 2. The number of amides is 3. The highest BCUT2D eigenvalue weighted by atomic mass is 79.9. The number of carbonyl (C=O) groups excluding carboxylic acids is 2. The van der Waals surface area contributed by atoms with Crippen molar-refractivity contribution in [3.8, 4) is 0 Å². The summed E-state index contributed by atoms with van der Waals surface area (Å²) in [5.41, 5.74) is 5.90. The van der Waals surface area contributed by atoms with Gasteiger partial charge in [-0.25, -0.2) is 4.79 Å². The van der Waals surface area contributed by atoms with Gasteiger partial charge in [0.15, 0.2) is 6.04 Å². The highest BCUT2D eigenvalue weighted by Crippen LogP contribution is 2.19. The Bertz CT molecular complexity index is 680. The first-order chi connectivity index (χ1) is 11.6. The van der Waals surface area contributed by atoms with Crippen LogP contribution in [0, 0.1) is 0 Å². The average molecular weight is 409 g/mol. The summed E-state index contributed by atoms with van der Waals surface area (Å²) in [7, 11) is 0. The van der Waals surface area contributed by atoms with Crippen molar-refractivity contribution in [3.05, 3.63) is 64.6 Å². The van der Waals surface area contributed by atoms with Crippen LogP contribution in [0.3, 0.4) is 0 Å². The van der Waals surface area contributed by atoms with E-state index in [1.54, 1.807) is 11.8 Å². The molecule has 0 spiro atoms. The zero-order valence-corrected chi connectivity index (χ0v) is 15.3. The van der Waals surface area contributed by atoms with Crippen LogP contribution in [0.25, 0.3) is 0 Å². The van der Waals surface area contributed by atoms with Gasteiger partial charge >= 0.3 is 6.03 Å². The molecule has 0 aliphatic carbocycles. The molecular formula is C17H19BrN3O2S+. The Morgan fingerprint density at radius 3 is 2.42 bits per heavy atom. The van der Waals surface area contributed by atoms with E-state index in [0.29, 0.717) is 0 Å². The maximum atomic E-state index is 12.2. The second kappa shape index (κ2) is 9.46. The first-order valence-electron chi connectivity index (χ1n) is 7.43. The van der Waals surface area contributed by atoms with E-state index in [4.69, 9.17) is 5.73 Å². The van der Waals surface area contributed by atoms with Crippen LogP contribution in [-0.4, -0.2) is 24.2 Å². The van der Waals surface area contributed by atoms with Crippen LogP contribution in [-0.2, 0) is 4.79 Å². The highest BCUT2D eigenvalue weighted by Gasteiger charge is 2.24. The van der Waals surface area contributed by atoms with Crippen molar-refractivity contribution in [3.63, 3.8) is 0 Å². The summed E-state index contributed by atoms with van der Waals surface area (Å²) in [6, 6.07) is 16.1. The van der Waals surface area contributed by atoms with Gasteiger partial charge in [0.1, 0.15) is 0 Å². The van der Waals surface area contributed by atoms with Gasteiger partial charge in [-0.2, -0.15) is 0 Å². The maximum absolute atomic E-state index is 12.2. The average Bonchev–Trinajstić information content (AvgIpc) is 2.56. The van der Waals surface area contributed by atoms with Gasteiger partial charge in [0.05, 0.1) is 6.54 Å². The number of quaternary nitrogens is 1. The van der Waals surface area contributed by atoms with Gasteiger partial charge in [-0.3, -0.25) is 10.1 Å².